The highest BCUT2D eigenvalue weighted by Crippen LogP contribution is 2.21. The lowest BCUT2D eigenvalue weighted by atomic mass is 10.0. The lowest BCUT2D eigenvalue weighted by Crippen LogP contribution is -2.45. The first-order chi connectivity index (χ1) is 45.0. The summed E-state index contributed by atoms with van der Waals surface area (Å²) >= 11 is 0. The van der Waals surface area contributed by atoms with Crippen LogP contribution in [0, 0.1) is 0 Å². The molecule has 0 aromatic heterocycles. The van der Waals surface area contributed by atoms with Gasteiger partial charge in [-0.2, -0.15) is 0 Å². The highest BCUT2D eigenvalue weighted by molar-refractivity contribution is 5.76. The van der Waals surface area contributed by atoms with Gasteiger partial charge in [-0.3, -0.25) is 9.59 Å². The van der Waals surface area contributed by atoms with Crippen molar-refractivity contribution in [3.63, 3.8) is 0 Å². The average molecular weight is 1280 g/mol. The summed E-state index contributed by atoms with van der Waals surface area (Å²) in [6.45, 7) is 5.01. The van der Waals surface area contributed by atoms with Gasteiger partial charge in [-0.1, -0.05) is 443 Å². The minimum absolute atomic E-state index is 0.0167. The monoisotopic (exact) mass is 1280 g/mol. The second-order valence-corrected chi connectivity index (χ2v) is 29.5. The Morgan fingerprint density at radius 2 is 0.516 bits per heavy atom. The topological polar surface area (TPSA) is 95.9 Å². The average Bonchev–Trinajstić information content (AvgIpc) is 3.69. The molecule has 1 amide bonds. The van der Waals surface area contributed by atoms with Crippen molar-refractivity contribution in [2.45, 2.75) is 508 Å². The number of allylic oxidation sites excluding steroid dienone is 2. The number of amides is 1. The molecule has 0 aliphatic heterocycles. The molecule has 0 aliphatic rings. The lowest BCUT2D eigenvalue weighted by molar-refractivity contribution is -0.143. The van der Waals surface area contributed by atoms with E-state index in [1.54, 1.807) is 0 Å². The van der Waals surface area contributed by atoms with E-state index in [1.165, 1.54) is 417 Å². The van der Waals surface area contributed by atoms with Gasteiger partial charge in [0.2, 0.25) is 5.91 Å². The summed E-state index contributed by atoms with van der Waals surface area (Å²) in [6, 6.07) is -0.538. The molecule has 0 aliphatic carbocycles. The SMILES string of the molecule is CCCCCCCC/C=C\CCCCCCCC(=O)OCCCCCCCCCCCCCCCCCCCCCCCCCCCCCCCCCCCCCCCC(=O)NC(CO)C(O)CCCCCCCCCCCCCCCCCCCCCCCC. The minimum atomic E-state index is -0.661. The Hall–Kier alpha value is -1.40. The fraction of sp³-hybridized carbons (Fsp3) is 0.953. The fourth-order valence-corrected chi connectivity index (χ4v) is 13.9. The van der Waals surface area contributed by atoms with Gasteiger partial charge < -0.3 is 20.3 Å². The summed E-state index contributed by atoms with van der Waals surface area (Å²) in [5, 5.41) is 23.5. The summed E-state index contributed by atoms with van der Waals surface area (Å²) in [5.74, 6) is -0.00627. The van der Waals surface area contributed by atoms with Crippen molar-refractivity contribution in [1.29, 1.82) is 0 Å². The van der Waals surface area contributed by atoms with Crippen molar-refractivity contribution in [2.75, 3.05) is 13.2 Å². The quantitative estimate of drug-likeness (QED) is 0.0320. The van der Waals surface area contributed by atoms with Gasteiger partial charge in [0.05, 0.1) is 25.4 Å². The molecule has 0 rings (SSSR count). The minimum Gasteiger partial charge on any atom is -0.466 e. The van der Waals surface area contributed by atoms with Crippen molar-refractivity contribution in [3.8, 4) is 0 Å². The number of carbonyl (C=O) groups excluding carboxylic acids is 2. The Kier molecular flexibility index (Phi) is 79.8. The molecule has 0 saturated carbocycles. The van der Waals surface area contributed by atoms with Gasteiger partial charge in [-0.05, 0) is 51.4 Å². The fourth-order valence-electron chi connectivity index (χ4n) is 13.9. The normalized spacial score (nSPS) is 12.4. The number of hydrogen-bond donors (Lipinski definition) is 3. The highest BCUT2D eigenvalue weighted by Gasteiger charge is 2.20. The van der Waals surface area contributed by atoms with Gasteiger partial charge in [0.25, 0.3) is 0 Å². The van der Waals surface area contributed by atoms with Crippen LogP contribution in [0.15, 0.2) is 12.2 Å². The van der Waals surface area contributed by atoms with Gasteiger partial charge in [0.15, 0.2) is 0 Å². The van der Waals surface area contributed by atoms with E-state index < -0.39 is 12.1 Å². The number of carbonyl (C=O) groups is 2. The molecule has 0 radical (unpaired) electrons. The summed E-state index contributed by atoms with van der Waals surface area (Å²) in [6.07, 6.45) is 103. The molecule has 0 bridgehead atoms. The molecule has 0 saturated heterocycles. The van der Waals surface area contributed by atoms with Crippen LogP contribution < -0.4 is 5.32 Å². The van der Waals surface area contributed by atoms with E-state index in [1.807, 2.05) is 0 Å². The number of hydrogen-bond acceptors (Lipinski definition) is 5. The maximum Gasteiger partial charge on any atom is 0.305 e. The molecule has 0 spiro atoms. The highest BCUT2D eigenvalue weighted by atomic mass is 16.5. The predicted molar refractivity (Wildman–Crippen MR) is 403 cm³/mol. The molecule has 6 heteroatoms. The summed E-state index contributed by atoms with van der Waals surface area (Å²) in [4.78, 5) is 24.7. The van der Waals surface area contributed by atoms with Crippen LogP contribution in [0.5, 0.6) is 0 Å². The maximum atomic E-state index is 12.6. The number of nitrogens with one attached hydrogen (secondary N) is 1. The van der Waals surface area contributed by atoms with E-state index in [0.717, 1.165) is 44.9 Å². The zero-order chi connectivity index (χ0) is 65.6. The second-order valence-electron chi connectivity index (χ2n) is 29.5. The number of esters is 1. The summed E-state index contributed by atoms with van der Waals surface area (Å²) in [5.41, 5.74) is 0. The third kappa shape index (κ3) is 77.5. The number of rotatable bonds is 81. The first kappa shape index (κ1) is 89.6. The first-order valence-electron chi connectivity index (χ1n) is 42.4. The van der Waals surface area contributed by atoms with Crippen LogP contribution in [0.3, 0.4) is 0 Å². The molecule has 0 heterocycles. The molecule has 91 heavy (non-hydrogen) atoms. The molecule has 3 N–H and O–H groups in total. The van der Waals surface area contributed by atoms with Crippen molar-refractivity contribution in [3.05, 3.63) is 12.2 Å². The number of aliphatic hydroxyl groups excluding tert-OH is 2. The van der Waals surface area contributed by atoms with Crippen molar-refractivity contribution in [2.24, 2.45) is 0 Å². The summed E-state index contributed by atoms with van der Waals surface area (Å²) in [7, 11) is 0. The van der Waals surface area contributed by atoms with E-state index in [0.29, 0.717) is 25.9 Å². The van der Waals surface area contributed by atoms with E-state index in [4.69, 9.17) is 4.74 Å². The smallest absolute Gasteiger partial charge is 0.305 e. The molecular weight excluding hydrogens is 1110 g/mol. The van der Waals surface area contributed by atoms with Gasteiger partial charge in [-0.25, -0.2) is 0 Å². The van der Waals surface area contributed by atoms with Gasteiger partial charge >= 0.3 is 5.97 Å². The predicted octanol–water partition coefficient (Wildman–Crippen LogP) is 28.2. The first-order valence-corrected chi connectivity index (χ1v) is 42.4. The zero-order valence-electron chi connectivity index (χ0n) is 62.4. The maximum absolute atomic E-state index is 12.6. The van der Waals surface area contributed by atoms with Gasteiger partial charge in [-0.15, -0.1) is 0 Å². The lowest BCUT2D eigenvalue weighted by Gasteiger charge is -2.22. The molecular formula is C85H167NO5. The molecule has 2 unspecified atom stereocenters. The number of unbranched alkanes of at least 4 members (excludes halogenated alkanes) is 68. The molecule has 542 valence electrons. The largest absolute Gasteiger partial charge is 0.466 e. The van der Waals surface area contributed by atoms with E-state index in [-0.39, 0.29) is 18.5 Å². The molecule has 6 nitrogen and oxygen atoms in total. The second kappa shape index (κ2) is 81.0. The van der Waals surface area contributed by atoms with Crippen molar-refractivity contribution in [1.82, 2.24) is 5.32 Å². The van der Waals surface area contributed by atoms with E-state index >= 15 is 0 Å². The van der Waals surface area contributed by atoms with Crippen LogP contribution in [0.4, 0.5) is 0 Å². The standard InChI is InChI=1S/C85H167NO5/c1-3-5-7-9-11-13-15-17-19-20-21-22-40-43-46-50-53-57-61-65-69-73-77-83(88)82(81-87)86-84(89)78-74-70-66-62-58-54-51-47-44-41-38-36-34-32-30-28-26-24-23-25-27-29-31-33-35-37-39-42-45-48-52-56-60-64-68-72-76-80-91-85(90)79-75-71-67-63-59-55-49-18-16-14-12-10-8-6-4-2/h18,49,82-83,87-88H,3-17,19-48,50-81H2,1-2H3,(H,86,89)/b49-18-. The third-order valence-corrected chi connectivity index (χ3v) is 20.3. The van der Waals surface area contributed by atoms with Crippen molar-refractivity contribution >= 4 is 11.9 Å². The van der Waals surface area contributed by atoms with Crippen LogP contribution >= 0.6 is 0 Å². The van der Waals surface area contributed by atoms with Crippen molar-refractivity contribution < 1.29 is 24.5 Å². The Balaban J connectivity index is 3.30. The number of aliphatic hydroxyl groups is 2. The zero-order valence-corrected chi connectivity index (χ0v) is 62.4. The van der Waals surface area contributed by atoms with E-state index in [9.17, 15) is 19.8 Å². The van der Waals surface area contributed by atoms with Gasteiger partial charge in [0.1, 0.15) is 0 Å². The van der Waals surface area contributed by atoms with Gasteiger partial charge in [0, 0.05) is 12.8 Å². The molecule has 0 aromatic rings. The van der Waals surface area contributed by atoms with Crippen LogP contribution in [0.1, 0.15) is 495 Å². The van der Waals surface area contributed by atoms with Crippen LogP contribution in [0.25, 0.3) is 0 Å². The van der Waals surface area contributed by atoms with E-state index in [2.05, 4.69) is 31.3 Å². The van der Waals surface area contributed by atoms with Crippen LogP contribution in [0.2, 0.25) is 0 Å². The molecule has 0 fully saturated rings. The molecule has 2 atom stereocenters. The Bertz CT molecular complexity index is 1380. The Morgan fingerprint density at radius 3 is 0.780 bits per heavy atom. The molecule has 0 aromatic carbocycles. The number of ether oxygens (including phenoxy) is 1. The summed E-state index contributed by atoms with van der Waals surface area (Å²) < 4.78 is 5.50. The Morgan fingerprint density at radius 1 is 0.297 bits per heavy atom. The Labute approximate surface area is 571 Å². The van der Waals surface area contributed by atoms with Crippen LogP contribution in [-0.4, -0.2) is 47.4 Å². The third-order valence-electron chi connectivity index (χ3n) is 20.3. The van der Waals surface area contributed by atoms with Crippen LogP contribution in [-0.2, 0) is 14.3 Å².